The van der Waals surface area contributed by atoms with Crippen molar-refractivity contribution in [2.45, 2.75) is 0 Å². The van der Waals surface area contributed by atoms with Gasteiger partial charge in [-0.25, -0.2) is 0 Å². The summed E-state index contributed by atoms with van der Waals surface area (Å²) in [7, 11) is 1.66. The summed E-state index contributed by atoms with van der Waals surface area (Å²) in [6.45, 7) is 3.56. The number of piperazine rings is 1. The van der Waals surface area contributed by atoms with Gasteiger partial charge in [-0.2, -0.15) is 0 Å². The van der Waals surface area contributed by atoms with Crippen molar-refractivity contribution in [2.75, 3.05) is 43.5 Å². The second kappa shape index (κ2) is 7.73. The first-order chi connectivity index (χ1) is 11.7. The van der Waals surface area contributed by atoms with Crippen molar-refractivity contribution in [3.05, 3.63) is 53.6 Å². The van der Waals surface area contributed by atoms with Gasteiger partial charge < -0.3 is 19.9 Å². The van der Waals surface area contributed by atoms with Crippen molar-refractivity contribution < 1.29 is 4.74 Å². The SMILES string of the molecule is COc1ccccc1NC(=S)N1CCN(c2cccc(Cl)c2)CC1. The fourth-order valence-corrected chi connectivity index (χ4v) is 3.26. The number of nitrogens with one attached hydrogen (secondary N) is 1. The van der Waals surface area contributed by atoms with Crippen LogP contribution in [0, 0.1) is 0 Å². The van der Waals surface area contributed by atoms with Gasteiger partial charge in [-0.05, 0) is 42.5 Å². The zero-order valence-corrected chi connectivity index (χ0v) is 15.1. The van der Waals surface area contributed by atoms with E-state index in [1.54, 1.807) is 7.11 Å². The standard InChI is InChI=1S/C18H20ClN3OS/c1-23-17-8-3-2-7-16(17)20-18(24)22-11-9-21(10-12-22)15-6-4-5-14(19)13-15/h2-8,13H,9-12H2,1H3,(H,20,24). The number of hydrogen-bond donors (Lipinski definition) is 1. The van der Waals surface area contributed by atoms with Gasteiger partial charge in [0.15, 0.2) is 5.11 Å². The first kappa shape index (κ1) is 16.9. The number of nitrogens with zero attached hydrogens (tertiary/aromatic N) is 2. The lowest BCUT2D eigenvalue weighted by molar-refractivity contribution is 0.390. The molecule has 0 aliphatic carbocycles. The third kappa shape index (κ3) is 3.91. The van der Waals surface area contributed by atoms with Crippen LogP contribution < -0.4 is 15.0 Å². The first-order valence-electron chi connectivity index (χ1n) is 7.87. The second-order valence-corrected chi connectivity index (χ2v) is 6.41. The molecule has 0 aromatic heterocycles. The predicted molar refractivity (Wildman–Crippen MR) is 104 cm³/mol. The molecule has 1 fully saturated rings. The minimum absolute atomic E-state index is 0.727. The molecule has 1 heterocycles. The van der Waals surface area contributed by atoms with Crippen LogP contribution in [0.3, 0.4) is 0 Å². The molecular formula is C18H20ClN3OS. The van der Waals surface area contributed by atoms with Crippen LogP contribution in [0.15, 0.2) is 48.5 Å². The minimum Gasteiger partial charge on any atom is -0.495 e. The molecule has 0 radical (unpaired) electrons. The summed E-state index contributed by atoms with van der Waals surface area (Å²) in [6, 6.07) is 15.8. The summed E-state index contributed by atoms with van der Waals surface area (Å²) in [4.78, 5) is 4.51. The molecule has 0 bridgehead atoms. The van der Waals surface area contributed by atoms with Crippen LogP contribution in [0.25, 0.3) is 0 Å². The van der Waals surface area contributed by atoms with Crippen molar-refractivity contribution in [2.24, 2.45) is 0 Å². The maximum absolute atomic E-state index is 6.08. The van der Waals surface area contributed by atoms with Gasteiger partial charge in [0.1, 0.15) is 5.75 Å². The number of benzene rings is 2. The molecule has 3 rings (SSSR count). The Morgan fingerprint density at radius 2 is 1.83 bits per heavy atom. The highest BCUT2D eigenvalue weighted by molar-refractivity contribution is 7.80. The van der Waals surface area contributed by atoms with Crippen molar-refractivity contribution in [3.63, 3.8) is 0 Å². The fraction of sp³-hybridized carbons (Fsp3) is 0.278. The average Bonchev–Trinajstić information content (AvgIpc) is 2.62. The molecule has 2 aromatic rings. The molecule has 1 aliphatic rings. The third-order valence-electron chi connectivity index (χ3n) is 4.09. The van der Waals surface area contributed by atoms with E-state index in [2.05, 4.69) is 21.2 Å². The smallest absolute Gasteiger partial charge is 0.173 e. The molecule has 4 nitrogen and oxygen atoms in total. The van der Waals surface area contributed by atoms with Gasteiger partial charge in [-0.1, -0.05) is 29.8 Å². The maximum Gasteiger partial charge on any atom is 0.173 e. The second-order valence-electron chi connectivity index (χ2n) is 5.58. The van der Waals surface area contributed by atoms with Gasteiger partial charge >= 0.3 is 0 Å². The van der Waals surface area contributed by atoms with E-state index < -0.39 is 0 Å². The molecule has 126 valence electrons. The number of ether oxygens (including phenoxy) is 1. The zero-order valence-electron chi connectivity index (χ0n) is 13.5. The molecular weight excluding hydrogens is 342 g/mol. The maximum atomic E-state index is 6.08. The van der Waals surface area contributed by atoms with Gasteiger partial charge in [0.25, 0.3) is 0 Å². The van der Waals surface area contributed by atoms with E-state index in [0.717, 1.165) is 53.4 Å². The molecule has 24 heavy (non-hydrogen) atoms. The van der Waals surface area contributed by atoms with Gasteiger partial charge in [-0.15, -0.1) is 0 Å². The monoisotopic (exact) mass is 361 g/mol. The fourth-order valence-electron chi connectivity index (χ4n) is 2.78. The van der Waals surface area contributed by atoms with Gasteiger partial charge in [0, 0.05) is 36.9 Å². The van der Waals surface area contributed by atoms with E-state index in [1.165, 1.54) is 0 Å². The van der Waals surface area contributed by atoms with Crippen LogP contribution >= 0.6 is 23.8 Å². The first-order valence-corrected chi connectivity index (χ1v) is 8.65. The number of halogens is 1. The summed E-state index contributed by atoms with van der Waals surface area (Å²) in [6.07, 6.45) is 0. The quantitative estimate of drug-likeness (QED) is 0.838. The van der Waals surface area contributed by atoms with Crippen LogP contribution in [-0.4, -0.2) is 43.3 Å². The predicted octanol–water partition coefficient (Wildman–Crippen LogP) is 3.87. The highest BCUT2D eigenvalue weighted by atomic mass is 35.5. The molecule has 2 aromatic carbocycles. The number of para-hydroxylation sites is 2. The average molecular weight is 362 g/mol. The number of hydrogen-bond acceptors (Lipinski definition) is 3. The van der Waals surface area contributed by atoms with E-state index in [4.69, 9.17) is 28.6 Å². The van der Waals surface area contributed by atoms with Crippen LogP contribution in [0.5, 0.6) is 5.75 Å². The van der Waals surface area contributed by atoms with E-state index >= 15 is 0 Å². The Hall–Kier alpha value is -1.98. The Labute approximate surface area is 153 Å². The Morgan fingerprint density at radius 1 is 1.08 bits per heavy atom. The highest BCUT2D eigenvalue weighted by Gasteiger charge is 2.20. The zero-order chi connectivity index (χ0) is 16.9. The van der Waals surface area contributed by atoms with Crippen molar-refractivity contribution in [3.8, 4) is 5.75 Å². The number of thiocarbonyl (C=S) groups is 1. The Kier molecular flexibility index (Phi) is 5.43. The van der Waals surface area contributed by atoms with Crippen molar-refractivity contribution in [1.82, 2.24) is 4.90 Å². The number of rotatable bonds is 3. The molecule has 0 saturated carbocycles. The summed E-state index contributed by atoms with van der Waals surface area (Å²) < 4.78 is 5.36. The van der Waals surface area contributed by atoms with Gasteiger partial charge in [0.2, 0.25) is 0 Å². The van der Waals surface area contributed by atoms with Gasteiger partial charge in [-0.3, -0.25) is 0 Å². The molecule has 0 atom stereocenters. The van der Waals surface area contributed by atoms with Crippen LogP contribution in [0.2, 0.25) is 5.02 Å². The van der Waals surface area contributed by atoms with Crippen LogP contribution in [0.4, 0.5) is 11.4 Å². The topological polar surface area (TPSA) is 27.7 Å². The lowest BCUT2D eigenvalue weighted by Crippen LogP contribution is -2.50. The summed E-state index contributed by atoms with van der Waals surface area (Å²) in [5.41, 5.74) is 2.05. The van der Waals surface area contributed by atoms with E-state index in [1.807, 2.05) is 42.5 Å². The lowest BCUT2D eigenvalue weighted by atomic mass is 10.2. The molecule has 0 amide bonds. The Morgan fingerprint density at radius 3 is 2.54 bits per heavy atom. The van der Waals surface area contributed by atoms with Crippen molar-refractivity contribution >= 4 is 40.3 Å². The van der Waals surface area contributed by atoms with Crippen molar-refractivity contribution in [1.29, 1.82) is 0 Å². The minimum atomic E-state index is 0.727. The van der Waals surface area contributed by atoms with E-state index in [0.29, 0.717) is 0 Å². The van der Waals surface area contributed by atoms with Crippen LogP contribution in [0.1, 0.15) is 0 Å². The lowest BCUT2D eigenvalue weighted by Gasteiger charge is -2.37. The van der Waals surface area contributed by atoms with Crippen LogP contribution in [-0.2, 0) is 0 Å². The molecule has 0 unspecified atom stereocenters. The summed E-state index contributed by atoms with van der Waals surface area (Å²) in [5, 5.41) is 4.78. The Bertz CT molecular complexity index is 717. The molecule has 6 heteroatoms. The number of anilines is 2. The van der Waals surface area contributed by atoms with E-state index in [-0.39, 0.29) is 0 Å². The molecule has 1 saturated heterocycles. The summed E-state index contributed by atoms with van der Waals surface area (Å²) in [5.74, 6) is 0.789. The summed E-state index contributed by atoms with van der Waals surface area (Å²) >= 11 is 11.6. The van der Waals surface area contributed by atoms with E-state index in [9.17, 15) is 0 Å². The molecule has 1 N–H and O–H groups in total. The normalized spacial score (nSPS) is 14.4. The Balaban J connectivity index is 1.59. The molecule has 0 spiro atoms. The number of methoxy groups -OCH3 is 1. The van der Waals surface area contributed by atoms with Gasteiger partial charge in [0.05, 0.1) is 12.8 Å². The third-order valence-corrected chi connectivity index (χ3v) is 4.68. The highest BCUT2D eigenvalue weighted by Crippen LogP contribution is 2.24. The molecule has 1 aliphatic heterocycles. The largest absolute Gasteiger partial charge is 0.495 e.